The van der Waals surface area contributed by atoms with Gasteiger partial charge >= 0.3 is 0 Å². The molecule has 1 aliphatic rings. The predicted octanol–water partition coefficient (Wildman–Crippen LogP) is 5.34. The predicted molar refractivity (Wildman–Crippen MR) is 124 cm³/mol. The Bertz CT molecular complexity index is 1030. The molecular formula is C25H24N2O2S. The van der Waals surface area contributed by atoms with Crippen LogP contribution in [-0.2, 0) is 16.0 Å². The van der Waals surface area contributed by atoms with Gasteiger partial charge in [-0.3, -0.25) is 14.5 Å². The largest absolute Gasteiger partial charge is 0.326 e. The van der Waals surface area contributed by atoms with Gasteiger partial charge in [-0.25, -0.2) is 0 Å². The van der Waals surface area contributed by atoms with Crippen LogP contribution in [0.15, 0.2) is 78.9 Å². The van der Waals surface area contributed by atoms with Crippen molar-refractivity contribution >= 4 is 35.0 Å². The summed E-state index contributed by atoms with van der Waals surface area (Å²) in [4.78, 5) is 26.7. The van der Waals surface area contributed by atoms with Crippen LogP contribution >= 0.6 is 11.8 Å². The summed E-state index contributed by atoms with van der Waals surface area (Å²) < 4.78 is 0. The van der Waals surface area contributed by atoms with E-state index in [-0.39, 0.29) is 17.2 Å². The summed E-state index contributed by atoms with van der Waals surface area (Å²) in [5.41, 5.74) is 5.03. The number of hydrogen-bond donors (Lipinski definition) is 1. The molecule has 0 spiro atoms. The molecule has 3 aromatic carbocycles. The Morgan fingerprint density at radius 3 is 2.53 bits per heavy atom. The average Bonchev–Trinajstić information content (AvgIpc) is 3.15. The lowest BCUT2D eigenvalue weighted by Gasteiger charge is -2.25. The van der Waals surface area contributed by atoms with Crippen molar-refractivity contribution in [3.05, 3.63) is 95.6 Å². The van der Waals surface area contributed by atoms with E-state index in [1.807, 2.05) is 90.7 Å². The van der Waals surface area contributed by atoms with Gasteiger partial charge in [-0.2, -0.15) is 0 Å². The number of benzene rings is 3. The van der Waals surface area contributed by atoms with Gasteiger partial charge in [-0.15, -0.1) is 11.8 Å². The minimum Gasteiger partial charge on any atom is -0.326 e. The lowest BCUT2D eigenvalue weighted by Crippen LogP contribution is -2.27. The molecule has 0 unspecified atom stereocenters. The van der Waals surface area contributed by atoms with Gasteiger partial charge in [0.25, 0.3) is 0 Å². The van der Waals surface area contributed by atoms with Gasteiger partial charge in [-0.1, -0.05) is 54.6 Å². The van der Waals surface area contributed by atoms with Crippen molar-refractivity contribution in [3.8, 4) is 0 Å². The summed E-state index contributed by atoms with van der Waals surface area (Å²) >= 11 is 1.63. The van der Waals surface area contributed by atoms with Crippen molar-refractivity contribution in [2.24, 2.45) is 0 Å². The summed E-state index contributed by atoms with van der Waals surface area (Å²) in [5, 5.41) is 2.91. The van der Waals surface area contributed by atoms with E-state index in [1.165, 1.54) is 0 Å². The Kier molecular flexibility index (Phi) is 6.19. The van der Waals surface area contributed by atoms with Crippen LogP contribution in [0.5, 0.6) is 0 Å². The number of anilines is 2. The number of carbonyl (C=O) groups excluding carboxylic acids is 2. The molecule has 0 bridgehead atoms. The second kappa shape index (κ2) is 9.18. The number of aryl methyl sites for hydroxylation is 2. The first-order valence-corrected chi connectivity index (χ1v) is 11.1. The Morgan fingerprint density at radius 1 is 1.03 bits per heavy atom. The van der Waals surface area contributed by atoms with Crippen molar-refractivity contribution in [1.82, 2.24) is 0 Å². The van der Waals surface area contributed by atoms with E-state index in [0.29, 0.717) is 12.2 Å². The summed E-state index contributed by atoms with van der Waals surface area (Å²) in [6, 6.07) is 25.8. The highest BCUT2D eigenvalue weighted by molar-refractivity contribution is 8.00. The maximum Gasteiger partial charge on any atom is 0.238 e. The van der Waals surface area contributed by atoms with Crippen LogP contribution in [0.3, 0.4) is 0 Å². The normalized spacial score (nSPS) is 16.0. The summed E-state index contributed by atoms with van der Waals surface area (Å²) in [7, 11) is 0. The van der Waals surface area contributed by atoms with Gasteiger partial charge in [0.05, 0.1) is 5.75 Å². The third-order valence-electron chi connectivity index (χ3n) is 5.11. The molecule has 0 aromatic heterocycles. The fraction of sp³-hybridized carbons (Fsp3) is 0.200. The zero-order valence-corrected chi connectivity index (χ0v) is 17.7. The topological polar surface area (TPSA) is 49.4 Å². The second-order valence-electron chi connectivity index (χ2n) is 7.42. The van der Waals surface area contributed by atoms with Gasteiger partial charge < -0.3 is 5.32 Å². The zero-order valence-electron chi connectivity index (χ0n) is 16.9. The first kappa shape index (κ1) is 20.2. The highest BCUT2D eigenvalue weighted by Gasteiger charge is 2.34. The number of hydrogen-bond acceptors (Lipinski definition) is 3. The van der Waals surface area contributed by atoms with E-state index >= 15 is 0 Å². The van der Waals surface area contributed by atoms with Gasteiger partial charge in [0.15, 0.2) is 0 Å². The zero-order chi connectivity index (χ0) is 20.9. The molecule has 0 radical (unpaired) electrons. The Hall–Kier alpha value is -3.05. The Morgan fingerprint density at radius 2 is 1.80 bits per heavy atom. The number of thioether (sulfide) groups is 1. The molecule has 0 saturated carbocycles. The van der Waals surface area contributed by atoms with Gasteiger partial charge in [0.1, 0.15) is 5.37 Å². The van der Waals surface area contributed by atoms with Crippen molar-refractivity contribution in [2.75, 3.05) is 16.0 Å². The Balaban J connectivity index is 1.41. The molecule has 152 valence electrons. The number of amides is 2. The van der Waals surface area contributed by atoms with Gasteiger partial charge in [0, 0.05) is 17.8 Å². The summed E-state index contributed by atoms with van der Waals surface area (Å²) in [5.74, 6) is 0.587. The molecule has 4 nitrogen and oxygen atoms in total. The third kappa shape index (κ3) is 4.74. The number of nitrogens with zero attached hydrogens (tertiary/aromatic N) is 1. The molecule has 5 heteroatoms. The molecule has 1 saturated heterocycles. The van der Waals surface area contributed by atoms with E-state index in [4.69, 9.17) is 0 Å². The molecule has 3 aromatic rings. The molecular weight excluding hydrogens is 392 g/mol. The lowest BCUT2D eigenvalue weighted by atomic mass is 10.1. The SMILES string of the molecule is Cc1cccc(N2C(=O)CS[C@@H]2c2ccc(NC(=O)CCc3ccccc3)cc2)c1. The molecule has 1 heterocycles. The summed E-state index contributed by atoms with van der Waals surface area (Å²) in [6.07, 6.45) is 1.16. The minimum absolute atomic E-state index is 0.00147. The van der Waals surface area contributed by atoms with Crippen LogP contribution in [0.1, 0.15) is 28.5 Å². The highest BCUT2D eigenvalue weighted by atomic mass is 32.2. The van der Waals surface area contributed by atoms with E-state index < -0.39 is 0 Å². The van der Waals surface area contributed by atoms with Crippen LogP contribution in [0, 0.1) is 6.92 Å². The molecule has 4 rings (SSSR count). The van der Waals surface area contributed by atoms with Crippen LogP contribution < -0.4 is 10.2 Å². The maximum absolute atomic E-state index is 12.5. The van der Waals surface area contributed by atoms with Crippen molar-refractivity contribution in [3.63, 3.8) is 0 Å². The van der Waals surface area contributed by atoms with Crippen LogP contribution in [-0.4, -0.2) is 17.6 Å². The van der Waals surface area contributed by atoms with E-state index in [0.717, 1.165) is 34.5 Å². The molecule has 30 heavy (non-hydrogen) atoms. The fourth-order valence-corrected chi connectivity index (χ4v) is 4.76. The lowest BCUT2D eigenvalue weighted by molar-refractivity contribution is -0.116. The third-order valence-corrected chi connectivity index (χ3v) is 6.32. The maximum atomic E-state index is 12.5. The highest BCUT2D eigenvalue weighted by Crippen LogP contribution is 2.42. The smallest absolute Gasteiger partial charge is 0.238 e. The number of rotatable bonds is 6. The monoisotopic (exact) mass is 416 g/mol. The van der Waals surface area contributed by atoms with E-state index in [1.54, 1.807) is 11.8 Å². The average molecular weight is 417 g/mol. The molecule has 1 fully saturated rings. The van der Waals surface area contributed by atoms with Crippen LogP contribution in [0.25, 0.3) is 0 Å². The molecule has 0 aliphatic carbocycles. The number of carbonyl (C=O) groups is 2. The van der Waals surface area contributed by atoms with Gasteiger partial charge in [0.2, 0.25) is 11.8 Å². The molecule has 1 N–H and O–H groups in total. The van der Waals surface area contributed by atoms with Crippen molar-refractivity contribution < 1.29 is 9.59 Å². The summed E-state index contributed by atoms with van der Waals surface area (Å²) in [6.45, 7) is 2.03. The quantitative estimate of drug-likeness (QED) is 0.590. The molecule has 1 aliphatic heterocycles. The minimum atomic E-state index is -0.0536. The van der Waals surface area contributed by atoms with E-state index in [9.17, 15) is 9.59 Å². The van der Waals surface area contributed by atoms with Crippen LogP contribution in [0.2, 0.25) is 0 Å². The first-order chi connectivity index (χ1) is 14.6. The Labute approximate surface area is 181 Å². The van der Waals surface area contributed by atoms with Gasteiger partial charge in [-0.05, 0) is 54.3 Å². The molecule has 1 atom stereocenters. The molecule has 2 amide bonds. The number of nitrogens with one attached hydrogen (secondary N) is 1. The van der Waals surface area contributed by atoms with Crippen molar-refractivity contribution in [2.45, 2.75) is 25.1 Å². The fourth-order valence-electron chi connectivity index (χ4n) is 3.58. The van der Waals surface area contributed by atoms with E-state index in [2.05, 4.69) is 5.32 Å². The second-order valence-corrected chi connectivity index (χ2v) is 8.49. The van der Waals surface area contributed by atoms with Crippen molar-refractivity contribution in [1.29, 1.82) is 0 Å². The standard InChI is InChI=1S/C25H24N2O2S/c1-18-6-5-9-22(16-18)27-24(29)17-30-25(27)20-11-13-21(14-12-20)26-23(28)15-10-19-7-3-2-4-8-19/h2-9,11-14,16,25H,10,15,17H2,1H3,(H,26,28)/t25-/m1/s1. The van der Waals surface area contributed by atoms with Crippen LogP contribution in [0.4, 0.5) is 11.4 Å². The first-order valence-electron chi connectivity index (χ1n) is 10.0.